The normalized spacial score (nSPS) is 18.1. The van der Waals surface area contributed by atoms with Crippen molar-refractivity contribution in [1.29, 1.82) is 0 Å². The van der Waals surface area contributed by atoms with Gasteiger partial charge in [0.2, 0.25) is 10.0 Å². The number of rotatable bonds is 4. The van der Waals surface area contributed by atoms with Gasteiger partial charge in [-0.05, 0) is 62.6 Å². The second-order valence-electron chi connectivity index (χ2n) is 6.88. The molecular formula is C20H25N3O3S. The molecule has 6 nitrogen and oxygen atoms in total. The molecule has 1 aliphatic heterocycles. The van der Waals surface area contributed by atoms with Crippen molar-refractivity contribution < 1.29 is 13.2 Å². The summed E-state index contributed by atoms with van der Waals surface area (Å²) in [6, 6.07) is 13.4. The predicted molar refractivity (Wildman–Crippen MR) is 107 cm³/mol. The summed E-state index contributed by atoms with van der Waals surface area (Å²) in [6.07, 6.45) is 2.84. The number of carbonyl (C=O) groups is 1. The molecule has 1 fully saturated rings. The van der Waals surface area contributed by atoms with E-state index in [0.717, 1.165) is 30.5 Å². The number of amides is 2. The fraction of sp³-hybridized carbons (Fsp3) is 0.350. The molecule has 0 radical (unpaired) electrons. The molecule has 0 aromatic heterocycles. The van der Waals surface area contributed by atoms with Crippen LogP contribution in [0.4, 0.5) is 16.2 Å². The maximum atomic E-state index is 12.8. The van der Waals surface area contributed by atoms with Crippen LogP contribution in [0.3, 0.4) is 0 Å². The van der Waals surface area contributed by atoms with E-state index in [0.29, 0.717) is 12.2 Å². The number of urea groups is 1. The van der Waals surface area contributed by atoms with E-state index >= 15 is 0 Å². The topological polar surface area (TPSA) is 78.5 Å². The Balaban J connectivity index is 1.68. The number of hydrogen-bond donors (Lipinski definition) is 2. The predicted octanol–water partition coefficient (Wildman–Crippen LogP) is 4.20. The first kappa shape index (κ1) is 19.4. The Hall–Kier alpha value is -2.38. The van der Waals surface area contributed by atoms with E-state index in [2.05, 4.69) is 10.6 Å². The smallest absolute Gasteiger partial charge is 0.308 e. The minimum atomic E-state index is -3.51. The van der Waals surface area contributed by atoms with Crippen LogP contribution in [0.1, 0.15) is 31.7 Å². The lowest BCUT2D eigenvalue weighted by atomic mass is 10.1. The van der Waals surface area contributed by atoms with Crippen LogP contribution in [0.25, 0.3) is 0 Å². The first-order valence-electron chi connectivity index (χ1n) is 9.13. The molecule has 1 atom stereocenters. The van der Waals surface area contributed by atoms with Crippen molar-refractivity contribution in [2.45, 2.75) is 44.0 Å². The highest BCUT2D eigenvalue weighted by Crippen LogP contribution is 2.26. The summed E-state index contributed by atoms with van der Waals surface area (Å²) in [6.45, 7) is 4.42. The molecule has 2 amide bonds. The van der Waals surface area contributed by atoms with E-state index in [1.54, 1.807) is 28.6 Å². The molecule has 7 heteroatoms. The summed E-state index contributed by atoms with van der Waals surface area (Å²) in [4.78, 5) is 12.4. The largest absolute Gasteiger partial charge is 0.323 e. The number of carbonyl (C=O) groups excluding carboxylic acids is 1. The molecule has 3 rings (SSSR count). The molecule has 0 unspecified atom stereocenters. The van der Waals surface area contributed by atoms with Crippen LogP contribution in [0.5, 0.6) is 0 Å². The van der Waals surface area contributed by atoms with Crippen LogP contribution < -0.4 is 10.6 Å². The maximum Gasteiger partial charge on any atom is 0.323 e. The Labute approximate surface area is 160 Å². The number of nitrogens with zero attached hydrogens (tertiary/aromatic N) is 1. The Morgan fingerprint density at radius 3 is 2.41 bits per heavy atom. The van der Waals surface area contributed by atoms with E-state index in [1.807, 2.05) is 38.1 Å². The lowest BCUT2D eigenvalue weighted by molar-refractivity contribution is 0.262. The Morgan fingerprint density at radius 2 is 1.74 bits per heavy atom. The minimum absolute atomic E-state index is 0.0152. The number of anilines is 2. The van der Waals surface area contributed by atoms with E-state index in [1.165, 1.54) is 0 Å². The molecule has 0 aliphatic carbocycles. The standard InChI is InChI=1S/C20H25N3O3S/c1-15-7-3-4-9-19(15)22-20(24)21-17-10-12-18(13-11-17)27(25,26)23-14-6-5-8-16(23)2/h3-4,7,9-13,16H,5-6,8,14H2,1-2H3,(H2,21,22,24)/t16-/m1/s1. The van der Waals surface area contributed by atoms with Crippen LogP contribution in [0, 0.1) is 6.92 Å². The average Bonchev–Trinajstić information content (AvgIpc) is 2.64. The first-order chi connectivity index (χ1) is 12.9. The van der Waals surface area contributed by atoms with Gasteiger partial charge in [-0.15, -0.1) is 0 Å². The monoisotopic (exact) mass is 387 g/mol. The second-order valence-corrected chi connectivity index (χ2v) is 8.77. The summed E-state index contributed by atoms with van der Waals surface area (Å²) in [5.74, 6) is 0. The van der Waals surface area contributed by atoms with Gasteiger partial charge in [0.15, 0.2) is 0 Å². The Kier molecular flexibility index (Phi) is 5.82. The van der Waals surface area contributed by atoms with Gasteiger partial charge in [-0.25, -0.2) is 13.2 Å². The van der Waals surface area contributed by atoms with Crippen LogP contribution in [-0.2, 0) is 10.0 Å². The fourth-order valence-corrected chi connectivity index (χ4v) is 4.97. The number of piperidine rings is 1. The lowest BCUT2D eigenvalue weighted by Crippen LogP contribution is -2.41. The number of hydrogen-bond acceptors (Lipinski definition) is 3. The first-order valence-corrected chi connectivity index (χ1v) is 10.6. The number of para-hydroxylation sites is 1. The van der Waals surface area contributed by atoms with Crippen LogP contribution in [0.15, 0.2) is 53.4 Å². The van der Waals surface area contributed by atoms with Crippen molar-refractivity contribution in [2.24, 2.45) is 0 Å². The number of benzene rings is 2. The van der Waals surface area contributed by atoms with Gasteiger partial charge in [0, 0.05) is 24.0 Å². The molecule has 0 bridgehead atoms. The van der Waals surface area contributed by atoms with Crippen molar-refractivity contribution in [3.8, 4) is 0 Å². The van der Waals surface area contributed by atoms with Gasteiger partial charge in [0.1, 0.15) is 0 Å². The highest BCUT2D eigenvalue weighted by atomic mass is 32.2. The lowest BCUT2D eigenvalue weighted by Gasteiger charge is -2.32. The molecule has 2 aromatic rings. The number of sulfonamides is 1. The zero-order valence-corrected chi connectivity index (χ0v) is 16.4. The molecular weight excluding hydrogens is 362 g/mol. The molecule has 0 spiro atoms. The highest BCUT2D eigenvalue weighted by molar-refractivity contribution is 7.89. The van der Waals surface area contributed by atoms with Gasteiger partial charge >= 0.3 is 6.03 Å². The summed E-state index contributed by atoms with van der Waals surface area (Å²) in [5.41, 5.74) is 2.23. The SMILES string of the molecule is Cc1ccccc1NC(=O)Nc1ccc(S(=O)(=O)N2CCCC[C@H]2C)cc1. The van der Waals surface area contributed by atoms with Crippen molar-refractivity contribution in [2.75, 3.05) is 17.2 Å². The summed E-state index contributed by atoms with van der Waals surface area (Å²) < 4.78 is 27.2. The summed E-state index contributed by atoms with van der Waals surface area (Å²) >= 11 is 0. The van der Waals surface area contributed by atoms with Crippen molar-refractivity contribution in [3.63, 3.8) is 0 Å². The summed E-state index contributed by atoms with van der Waals surface area (Å²) in [7, 11) is -3.51. The maximum absolute atomic E-state index is 12.8. The number of aryl methyl sites for hydroxylation is 1. The molecule has 1 heterocycles. The van der Waals surface area contributed by atoms with Crippen molar-refractivity contribution in [1.82, 2.24) is 4.31 Å². The van der Waals surface area contributed by atoms with Crippen LogP contribution >= 0.6 is 0 Å². The van der Waals surface area contributed by atoms with Crippen molar-refractivity contribution >= 4 is 27.4 Å². The van der Waals surface area contributed by atoms with Crippen LogP contribution in [0.2, 0.25) is 0 Å². The van der Waals surface area contributed by atoms with Gasteiger partial charge in [0.25, 0.3) is 0 Å². The molecule has 1 saturated heterocycles. The molecule has 0 saturated carbocycles. The Morgan fingerprint density at radius 1 is 1.04 bits per heavy atom. The molecule has 1 aliphatic rings. The third-order valence-corrected chi connectivity index (χ3v) is 6.88. The fourth-order valence-electron chi connectivity index (χ4n) is 3.27. The van der Waals surface area contributed by atoms with Crippen molar-refractivity contribution in [3.05, 3.63) is 54.1 Å². The summed E-state index contributed by atoms with van der Waals surface area (Å²) in [5, 5.41) is 5.51. The van der Waals surface area contributed by atoms with E-state index in [-0.39, 0.29) is 17.0 Å². The average molecular weight is 388 g/mol. The van der Waals surface area contributed by atoms with E-state index in [4.69, 9.17) is 0 Å². The molecule has 27 heavy (non-hydrogen) atoms. The quantitative estimate of drug-likeness (QED) is 0.825. The third kappa shape index (κ3) is 4.48. The zero-order valence-electron chi connectivity index (χ0n) is 15.6. The molecule has 144 valence electrons. The minimum Gasteiger partial charge on any atom is -0.308 e. The second kappa shape index (κ2) is 8.10. The number of nitrogens with one attached hydrogen (secondary N) is 2. The van der Waals surface area contributed by atoms with Gasteiger partial charge in [-0.1, -0.05) is 24.6 Å². The Bertz CT molecular complexity index is 910. The van der Waals surface area contributed by atoms with E-state index < -0.39 is 10.0 Å². The highest BCUT2D eigenvalue weighted by Gasteiger charge is 2.30. The molecule has 2 N–H and O–H groups in total. The van der Waals surface area contributed by atoms with E-state index in [9.17, 15) is 13.2 Å². The third-order valence-electron chi connectivity index (χ3n) is 4.85. The van der Waals surface area contributed by atoms with Gasteiger partial charge in [-0.3, -0.25) is 0 Å². The zero-order chi connectivity index (χ0) is 19.4. The molecule has 2 aromatic carbocycles. The van der Waals surface area contributed by atoms with Gasteiger partial charge < -0.3 is 10.6 Å². The van der Waals surface area contributed by atoms with Gasteiger partial charge in [0.05, 0.1) is 4.90 Å². The van der Waals surface area contributed by atoms with Crippen LogP contribution in [-0.4, -0.2) is 31.3 Å². The van der Waals surface area contributed by atoms with Gasteiger partial charge in [-0.2, -0.15) is 4.31 Å².